The molecule has 4 rings (SSSR count). The van der Waals surface area contributed by atoms with Crippen LogP contribution in [0.1, 0.15) is 0 Å². The number of carbonyl (C=O) groups excluding carboxylic acids is 1. The lowest BCUT2D eigenvalue weighted by Gasteiger charge is -2.12. The third-order valence-electron chi connectivity index (χ3n) is 4.80. The Morgan fingerprint density at radius 1 is 1.17 bits per heavy atom. The molecule has 7 nitrogen and oxygen atoms in total. The van der Waals surface area contributed by atoms with Gasteiger partial charge in [0.15, 0.2) is 0 Å². The second-order valence-corrected chi connectivity index (χ2v) is 6.88. The van der Waals surface area contributed by atoms with Gasteiger partial charge in [-0.25, -0.2) is 8.78 Å². The molecule has 2 aromatic carbocycles. The van der Waals surface area contributed by atoms with Gasteiger partial charge < -0.3 is 15.2 Å². The predicted octanol–water partition coefficient (Wildman–Crippen LogP) is 3.01. The van der Waals surface area contributed by atoms with E-state index in [1.807, 2.05) is 31.3 Å². The van der Waals surface area contributed by atoms with Crippen LogP contribution >= 0.6 is 0 Å². The number of hydrogen-bond acceptors (Lipinski definition) is 4. The van der Waals surface area contributed by atoms with Crippen molar-refractivity contribution >= 4 is 39.0 Å². The van der Waals surface area contributed by atoms with Crippen LogP contribution in [0.15, 0.2) is 59.7 Å². The lowest BCUT2D eigenvalue weighted by atomic mass is 10.1. The van der Waals surface area contributed by atoms with Gasteiger partial charge in [0.2, 0.25) is 5.91 Å². The summed E-state index contributed by atoms with van der Waals surface area (Å²) in [4.78, 5) is 24.9. The van der Waals surface area contributed by atoms with Gasteiger partial charge in [0.05, 0.1) is 29.3 Å². The average molecular weight is 411 g/mol. The third-order valence-corrected chi connectivity index (χ3v) is 4.80. The highest BCUT2D eigenvalue weighted by atomic mass is 19.3. The number of amides is 1. The van der Waals surface area contributed by atoms with Gasteiger partial charge in [0.25, 0.3) is 12.0 Å². The summed E-state index contributed by atoms with van der Waals surface area (Å²) in [5, 5.41) is 11.7. The van der Waals surface area contributed by atoms with Crippen molar-refractivity contribution < 1.29 is 13.6 Å². The molecule has 0 saturated carbocycles. The molecule has 154 valence electrons. The number of nitrogens with one attached hydrogen (secondary N) is 2. The molecule has 0 aliphatic rings. The van der Waals surface area contributed by atoms with Crippen molar-refractivity contribution in [1.29, 1.82) is 0 Å². The minimum atomic E-state index is -2.64. The number of pyridine rings is 1. The van der Waals surface area contributed by atoms with Gasteiger partial charge in [-0.05, 0) is 35.7 Å². The third kappa shape index (κ3) is 3.86. The number of nitrogens with zero attached hydrogens (tertiary/aromatic N) is 3. The van der Waals surface area contributed by atoms with Gasteiger partial charge >= 0.3 is 0 Å². The number of carbonyl (C=O) groups is 1. The number of fused-ring (bicyclic) bond motifs is 2. The molecule has 4 aromatic rings. The van der Waals surface area contributed by atoms with Crippen molar-refractivity contribution in [3.63, 3.8) is 0 Å². The molecule has 0 fully saturated rings. The zero-order chi connectivity index (χ0) is 21.3. The summed E-state index contributed by atoms with van der Waals surface area (Å²) in [7, 11) is 1.86. The molecule has 0 aliphatic carbocycles. The summed E-state index contributed by atoms with van der Waals surface area (Å²) < 4.78 is 27.5. The number of anilines is 2. The van der Waals surface area contributed by atoms with E-state index in [0.717, 1.165) is 16.6 Å². The van der Waals surface area contributed by atoms with Gasteiger partial charge in [0, 0.05) is 24.3 Å². The summed E-state index contributed by atoms with van der Waals surface area (Å²) in [6.45, 7) is -1.08. The fraction of sp³-hybridized carbons (Fsp3) is 0.190. The van der Waals surface area contributed by atoms with Crippen LogP contribution in [-0.4, -0.2) is 33.2 Å². The van der Waals surface area contributed by atoms with E-state index in [4.69, 9.17) is 0 Å². The molecular formula is C21H19F2N5O2. The number of hydrogen-bond donors (Lipinski definition) is 2. The molecule has 0 saturated heterocycles. The van der Waals surface area contributed by atoms with E-state index in [-0.39, 0.29) is 12.1 Å². The molecular weight excluding hydrogens is 392 g/mol. The summed E-state index contributed by atoms with van der Waals surface area (Å²) in [6.07, 6.45) is 0.599. The second kappa shape index (κ2) is 7.94. The van der Waals surface area contributed by atoms with E-state index in [9.17, 15) is 18.4 Å². The Hall–Kier alpha value is -3.75. The Morgan fingerprint density at radius 2 is 2.00 bits per heavy atom. The van der Waals surface area contributed by atoms with Crippen LogP contribution in [0, 0.1) is 0 Å². The van der Waals surface area contributed by atoms with Gasteiger partial charge in [-0.3, -0.25) is 14.3 Å². The summed E-state index contributed by atoms with van der Waals surface area (Å²) in [5.41, 5.74) is 1.97. The first-order chi connectivity index (χ1) is 14.4. The smallest absolute Gasteiger partial charge is 0.261 e. The number of rotatable bonds is 6. The largest absolute Gasteiger partial charge is 0.355 e. The fourth-order valence-electron chi connectivity index (χ4n) is 3.36. The van der Waals surface area contributed by atoms with Crippen LogP contribution in [0.2, 0.25) is 0 Å². The number of alkyl halides is 2. The van der Waals surface area contributed by atoms with E-state index in [1.54, 1.807) is 29.1 Å². The van der Waals surface area contributed by atoms with Crippen LogP contribution in [0.3, 0.4) is 0 Å². The van der Waals surface area contributed by atoms with E-state index in [0.29, 0.717) is 16.5 Å². The maximum atomic E-state index is 13.0. The van der Waals surface area contributed by atoms with E-state index in [2.05, 4.69) is 15.7 Å². The SMILES string of the molecule is Cn1ncc2cc(Nc3cccc4ccn(CC(=O)NCC(F)F)c(=O)c34)ccc21. The first-order valence-corrected chi connectivity index (χ1v) is 9.28. The van der Waals surface area contributed by atoms with Gasteiger partial charge in [-0.2, -0.15) is 5.10 Å². The molecule has 1 amide bonds. The van der Waals surface area contributed by atoms with Crippen molar-refractivity contribution in [1.82, 2.24) is 19.7 Å². The van der Waals surface area contributed by atoms with Crippen LogP contribution in [0.25, 0.3) is 21.7 Å². The molecule has 0 spiro atoms. The van der Waals surface area contributed by atoms with E-state index in [1.165, 1.54) is 10.8 Å². The number of aryl methyl sites for hydroxylation is 1. The molecule has 0 radical (unpaired) electrons. The minimum absolute atomic E-state index is 0.336. The Balaban J connectivity index is 1.67. The summed E-state index contributed by atoms with van der Waals surface area (Å²) in [6, 6.07) is 12.9. The van der Waals surface area contributed by atoms with Crippen LogP contribution in [0.4, 0.5) is 20.2 Å². The van der Waals surface area contributed by atoms with E-state index < -0.39 is 18.9 Å². The quantitative estimate of drug-likeness (QED) is 0.511. The molecule has 0 bridgehead atoms. The normalized spacial score (nSPS) is 11.3. The lowest BCUT2D eigenvalue weighted by Crippen LogP contribution is -2.34. The predicted molar refractivity (Wildman–Crippen MR) is 111 cm³/mol. The zero-order valence-corrected chi connectivity index (χ0v) is 16.1. The minimum Gasteiger partial charge on any atom is -0.355 e. The standard InChI is InChI=1S/C21H19F2N5O2/c1-27-17-6-5-15(9-14(17)10-25-27)26-16-4-2-3-13-7-8-28(21(30)20(13)16)12-19(29)24-11-18(22)23/h2-10,18,26H,11-12H2,1H3,(H,24,29). The number of benzene rings is 2. The fourth-order valence-corrected chi connectivity index (χ4v) is 3.36. The molecule has 2 heterocycles. The Labute approximate surface area is 169 Å². The molecule has 0 unspecified atom stereocenters. The number of halogens is 2. The van der Waals surface area contributed by atoms with Crippen molar-refractivity contribution in [2.75, 3.05) is 11.9 Å². The topological polar surface area (TPSA) is 81.0 Å². The van der Waals surface area contributed by atoms with Crippen molar-refractivity contribution in [2.24, 2.45) is 7.05 Å². The zero-order valence-electron chi connectivity index (χ0n) is 16.1. The van der Waals surface area contributed by atoms with Gasteiger partial charge in [-0.1, -0.05) is 12.1 Å². The van der Waals surface area contributed by atoms with Crippen LogP contribution in [-0.2, 0) is 18.4 Å². The van der Waals surface area contributed by atoms with Gasteiger partial charge in [-0.15, -0.1) is 0 Å². The molecule has 30 heavy (non-hydrogen) atoms. The molecule has 0 aliphatic heterocycles. The van der Waals surface area contributed by atoms with Crippen molar-refractivity contribution in [3.8, 4) is 0 Å². The molecule has 9 heteroatoms. The molecule has 2 aromatic heterocycles. The maximum Gasteiger partial charge on any atom is 0.261 e. The first kappa shape index (κ1) is 19.6. The monoisotopic (exact) mass is 411 g/mol. The Kier molecular flexibility index (Phi) is 5.18. The summed E-state index contributed by atoms with van der Waals surface area (Å²) in [5.74, 6) is -0.649. The summed E-state index contributed by atoms with van der Waals surface area (Å²) >= 11 is 0. The Bertz CT molecular complexity index is 1300. The van der Waals surface area contributed by atoms with Crippen molar-refractivity contribution in [3.05, 3.63) is 65.2 Å². The Morgan fingerprint density at radius 3 is 2.80 bits per heavy atom. The van der Waals surface area contributed by atoms with Crippen LogP contribution in [0.5, 0.6) is 0 Å². The highest BCUT2D eigenvalue weighted by Crippen LogP contribution is 2.26. The highest BCUT2D eigenvalue weighted by Gasteiger charge is 2.12. The van der Waals surface area contributed by atoms with E-state index >= 15 is 0 Å². The molecule has 2 N–H and O–H groups in total. The lowest BCUT2D eigenvalue weighted by molar-refractivity contribution is -0.122. The van der Waals surface area contributed by atoms with Crippen LogP contribution < -0.4 is 16.2 Å². The molecule has 0 atom stereocenters. The second-order valence-electron chi connectivity index (χ2n) is 6.88. The van der Waals surface area contributed by atoms with Gasteiger partial charge in [0.1, 0.15) is 6.54 Å². The first-order valence-electron chi connectivity index (χ1n) is 9.28. The highest BCUT2D eigenvalue weighted by molar-refractivity contribution is 5.95. The van der Waals surface area contributed by atoms with Crippen molar-refractivity contribution in [2.45, 2.75) is 13.0 Å². The maximum absolute atomic E-state index is 13.0. The number of aromatic nitrogens is 3. The average Bonchev–Trinajstić information content (AvgIpc) is 3.09.